The summed E-state index contributed by atoms with van der Waals surface area (Å²) in [5.41, 5.74) is 2.09. The summed E-state index contributed by atoms with van der Waals surface area (Å²) in [7, 11) is 1.87. The molecule has 1 fully saturated rings. The molecule has 0 spiro atoms. The van der Waals surface area contributed by atoms with Crippen LogP contribution in [0.3, 0.4) is 0 Å². The number of urea groups is 1. The fourth-order valence-electron chi connectivity index (χ4n) is 3.63. The van der Waals surface area contributed by atoms with Crippen molar-refractivity contribution in [2.75, 3.05) is 25.0 Å². The average molecular weight is 364 g/mol. The SMILES string of the molecule is CN(C(=O)NCc1cc2ccccc2[nH]1)C1CCCN(c2cccnn2)C1. The topological polar surface area (TPSA) is 77.2 Å². The Kier molecular flexibility index (Phi) is 4.91. The first-order valence-corrected chi connectivity index (χ1v) is 9.30. The number of para-hydroxylation sites is 1. The smallest absolute Gasteiger partial charge is 0.317 e. The van der Waals surface area contributed by atoms with E-state index in [4.69, 9.17) is 0 Å². The molecule has 2 amide bonds. The summed E-state index contributed by atoms with van der Waals surface area (Å²) in [6.07, 6.45) is 3.70. The van der Waals surface area contributed by atoms with Gasteiger partial charge < -0.3 is 20.1 Å². The van der Waals surface area contributed by atoms with Crippen molar-refractivity contribution in [1.29, 1.82) is 0 Å². The number of likely N-dealkylation sites (N-methyl/N-ethyl adjacent to an activating group) is 1. The van der Waals surface area contributed by atoms with Crippen LogP contribution in [0.2, 0.25) is 0 Å². The molecule has 1 aliphatic rings. The molecule has 3 heterocycles. The predicted molar refractivity (Wildman–Crippen MR) is 106 cm³/mol. The first-order valence-electron chi connectivity index (χ1n) is 9.30. The summed E-state index contributed by atoms with van der Waals surface area (Å²) in [4.78, 5) is 20.0. The maximum atomic E-state index is 12.6. The highest BCUT2D eigenvalue weighted by molar-refractivity contribution is 5.80. The molecule has 1 atom stereocenters. The lowest BCUT2D eigenvalue weighted by Crippen LogP contribution is -2.51. The molecule has 4 rings (SSSR count). The zero-order valence-corrected chi connectivity index (χ0v) is 15.4. The number of piperidine rings is 1. The van der Waals surface area contributed by atoms with Crippen LogP contribution in [0.4, 0.5) is 10.6 Å². The van der Waals surface area contributed by atoms with Crippen molar-refractivity contribution in [2.45, 2.75) is 25.4 Å². The molecule has 0 radical (unpaired) electrons. The highest BCUT2D eigenvalue weighted by atomic mass is 16.2. The van der Waals surface area contributed by atoms with Crippen LogP contribution < -0.4 is 10.2 Å². The van der Waals surface area contributed by atoms with E-state index in [1.165, 1.54) is 0 Å². The fourth-order valence-corrected chi connectivity index (χ4v) is 3.63. The molecule has 2 N–H and O–H groups in total. The molecule has 7 nitrogen and oxygen atoms in total. The van der Waals surface area contributed by atoms with Gasteiger partial charge in [0.2, 0.25) is 0 Å². The molecule has 0 saturated carbocycles. The lowest BCUT2D eigenvalue weighted by Gasteiger charge is -2.37. The Bertz CT molecular complexity index is 876. The average Bonchev–Trinajstić information content (AvgIpc) is 3.15. The van der Waals surface area contributed by atoms with Crippen molar-refractivity contribution in [3.05, 3.63) is 54.4 Å². The van der Waals surface area contributed by atoms with Crippen molar-refractivity contribution >= 4 is 22.8 Å². The Balaban J connectivity index is 1.35. The van der Waals surface area contributed by atoms with Gasteiger partial charge in [-0.3, -0.25) is 0 Å². The number of hydrogen-bond acceptors (Lipinski definition) is 4. The maximum absolute atomic E-state index is 12.6. The number of fused-ring (bicyclic) bond motifs is 1. The molecular weight excluding hydrogens is 340 g/mol. The molecule has 3 aromatic rings. The number of H-pyrrole nitrogens is 1. The quantitative estimate of drug-likeness (QED) is 0.746. The lowest BCUT2D eigenvalue weighted by atomic mass is 10.0. The van der Waals surface area contributed by atoms with Gasteiger partial charge in [0.05, 0.1) is 12.6 Å². The third-order valence-corrected chi connectivity index (χ3v) is 5.16. The van der Waals surface area contributed by atoms with Gasteiger partial charge in [-0.15, -0.1) is 5.10 Å². The minimum atomic E-state index is -0.0559. The molecule has 2 aromatic heterocycles. The first kappa shape index (κ1) is 17.3. The molecule has 0 bridgehead atoms. The molecule has 1 saturated heterocycles. The van der Waals surface area contributed by atoms with E-state index in [9.17, 15) is 4.79 Å². The van der Waals surface area contributed by atoms with Crippen LogP contribution in [-0.4, -0.2) is 52.3 Å². The van der Waals surface area contributed by atoms with Crippen LogP contribution in [-0.2, 0) is 6.54 Å². The summed E-state index contributed by atoms with van der Waals surface area (Å²) >= 11 is 0. The maximum Gasteiger partial charge on any atom is 0.317 e. The van der Waals surface area contributed by atoms with Gasteiger partial charge in [-0.25, -0.2) is 4.79 Å². The van der Waals surface area contributed by atoms with E-state index in [0.29, 0.717) is 6.54 Å². The van der Waals surface area contributed by atoms with E-state index >= 15 is 0 Å². The third-order valence-electron chi connectivity index (χ3n) is 5.16. The largest absolute Gasteiger partial charge is 0.357 e. The molecule has 0 aliphatic carbocycles. The normalized spacial score (nSPS) is 17.1. The lowest BCUT2D eigenvalue weighted by molar-refractivity contribution is 0.182. The number of nitrogens with one attached hydrogen (secondary N) is 2. The standard InChI is InChI=1S/C20H24N6O/c1-25(17-7-5-11-26(14-17)19-9-4-10-22-24-19)20(27)21-13-16-12-15-6-2-3-8-18(15)23-16/h2-4,6,8-10,12,17,23H,5,7,11,13-14H2,1H3,(H,21,27). The third kappa shape index (κ3) is 3.86. The molecule has 1 aliphatic heterocycles. The number of rotatable bonds is 4. The summed E-state index contributed by atoms with van der Waals surface area (Å²) in [6.45, 7) is 2.20. The number of carbonyl (C=O) groups is 1. The number of benzene rings is 1. The Morgan fingerprint density at radius 3 is 3.04 bits per heavy atom. The number of nitrogens with zero attached hydrogens (tertiary/aromatic N) is 4. The van der Waals surface area contributed by atoms with E-state index in [-0.39, 0.29) is 12.1 Å². The van der Waals surface area contributed by atoms with E-state index in [2.05, 4.69) is 37.5 Å². The highest BCUT2D eigenvalue weighted by Gasteiger charge is 2.26. The van der Waals surface area contributed by atoms with E-state index in [1.807, 2.05) is 42.3 Å². The van der Waals surface area contributed by atoms with Crippen molar-refractivity contribution in [2.24, 2.45) is 0 Å². The summed E-state index contributed by atoms with van der Waals surface area (Å²) in [5.74, 6) is 0.870. The summed E-state index contributed by atoms with van der Waals surface area (Å²) < 4.78 is 0. The van der Waals surface area contributed by atoms with Gasteiger partial charge in [-0.1, -0.05) is 18.2 Å². The van der Waals surface area contributed by atoms with E-state index < -0.39 is 0 Å². The van der Waals surface area contributed by atoms with Crippen LogP contribution >= 0.6 is 0 Å². The Morgan fingerprint density at radius 2 is 2.22 bits per heavy atom. The monoisotopic (exact) mass is 364 g/mol. The Hall–Kier alpha value is -3.09. The number of aromatic amines is 1. The van der Waals surface area contributed by atoms with Crippen LogP contribution in [0.5, 0.6) is 0 Å². The van der Waals surface area contributed by atoms with Crippen molar-refractivity contribution < 1.29 is 4.79 Å². The molecule has 140 valence electrons. The molecule has 7 heteroatoms. The van der Waals surface area contributed by atoms with Crippen LogP contribution in [0.1, 0.15) is 18.5 Å². The number of carbonyl (C=O) groups excluding carboxylic acids is 1. The predicted octanol–water partition coefficient (Wildman–Crippen LogP) is 2.77. The van der Waals surface area contributed by atoms with Gasteiger partial charge in [0.25, 0.3) is 0 Å². The van der Waals surface area contributed by atoms with Crippen molar-refractivity contribution in [3.8, 4) is 0 Å². The zero-order chi connectivity index (χ0) is 18.6. The molecule has 27 heavy (non-hydrogen) atoms. The van der Waals surface area contributed by atoms with E-state index in [0.717, 1.165) is 48.3 Å². The van der Waals surface area contributed by atoms with E-state index in [1.54, 1.807) is 6.20 Å². The van der Waals surface area contributed by atoms with Gasteiger partial charge in [0, 0.05) is 37.5 Å². The first-order chi connectivity index (χ1) is 13.2. The summed E-state index contributed by atoms with van der Waals surface area (Å²) in [5, 5.41) is 12.3. The Labute approximate surface area is 158 Å². The van der Waals surface area contributed by atoms with Crippen LogP contribution in [0, 0.1) is 0 Å². The Morgan fingerprint density at radius 1 is 1.33 bits per heavy atom. The second-order valence-corrected chi connectivity index (χ2v) is 6.98. The van der Waals surface area contributed by atoms with Crippen LogP contribution in [0.15, 0.2) is 48.7 Å². The van der Waals surface area contributed by atoms with Gasteiger partial charge in [-0.2, -0.15) is 5.10 Å². The van der Waals surface area contributed by atoms with Crippen LogP contribution in [0.25, 0.3) is 10.9 Å². The van der Waals surface area contributed by atoms with Gasteiger partial charge in [0.15, 0.2) is 5.82 Å². The fraction of sp³-hybridized carbons (Fsp3) is 0.350. The highest BCUT2D eigenvalue weighted by Crippen LogP contribution is 2.20. The van der Waals surface area contributed by atoms with Crippen molar-refractivity contribution in [1.82, 2.24) is 25.4 Å². The molecule has 1 aromatic carbocycles. The molecule has 1 unspecified atom stereocenters. The number of aromatic nitrogens is 3. The summed E-state index contributed by atoms with van der Waals surface area (Å²) in [6, 6.07) is 14.1. The second-order valence-electron chi connectivity index (χ2n) is 6.98. The second kappa shape index (κ2) is 7.65. The number of anilines is 1. The van der Waals surface area contributed by atoms with Gasteiger partial charge >= 0.3 is 6.03 Å². The van der Waals surface area contributed by atoms with Crippen molar-refractivity contribution in [3.63, 3.8) is 0 Å². The van der Waals surface area contributed by atoms with Gasteiger partial charge in [-0.05, 0) is 42.5 Å². The number of amides is 2. The zero-order valence-electron chi connectivity index (χ0n) is 15.4. The number of hydrogen-bond donors (Lipinski definition) is 2. The molecular formula is C20H24N6O. The van der Waals surface area contributed by atoms with Gasteiger partial charge in [0.1, 0.15) is 0 Å². The minimum absolute atomic E-state index is 0.0559. The minimum Gasteiger partial charge on any atom is -0.357 e.